The SMILES string of the molecule is CCCC1CCN(c2cc(C)nc(NC)n2)CC1. The summed E-state index contributed by atoms with van der Waals surface area (Å²) in [4.78, 5) is 11.3. The molecule has 0 radical (unpaired) electrons. The summed E-state index contributed by atoms with van der Waals surface area (Å²) in [5, 5.41) is 3.03. The summed E-state index contributed by atoms with van der Waals surface area (Å²) in [7, 11) is 1.87. The minimum absolute atomic E-state index is 0.723. The van der Waals surface area contributed by atoms with E-state index < -0.39 is 0 Å². The number of hydrogen-bond donors (Lipinski definition) is 1. The summed E-state index contributed by atoms with van der Waals surface area (Å²) in [6, 6.07) is 2.08. The van der Waals surface area contributed by atoms with Crippen molar-refractivity contribution in [1.82, 2.24) is 9.97 Å². The smallest absolute Gasteiger partial charge is 0.224 e. The van der Waals surface area contributed by atoms with Crippen LogP contribution in [0.25, 0.3) is 0 Å². The highest BCUT2D eigenvalue weighted by atomic mass is 15.2. The van der Waals surface area contributed by atoms with Gasteiger partial charge in [0.25, 0.3) is 0 Å². The largest absolute Gasteiger partial charge is 0.357 e. The molecule has 0 bridgehead atoms. The summed E-state index contributed by atoms with van der Waals surface area (Å²) in [5.74, 6) is 2.71. The minimum atomic E-state index is 0.723. The van der Waals surface area contributed by atoms with Crippen molar-refractivity contribution < 1.29 is 0 Å². The Kier molecular flexibility index (Phi) is 4.39. The van der Waals surface area contributed by atoms with Gasteiger partial charge in [0.15, 0.2) is 0 Å². The van der Waals surface area contributed by atoms with E-state index in [1.54, 1.807) is 0 Å². The van der Waals surface area contributed by atoms with Crippen molar-refractivity contribution >= 4 is 11.8 Å². The number of nitrogens with one attached hydrogen (secondary N) is 1. The van der Waals surface area contributed by atoms with E-state index in [9.17, 15) is 0 Å². The summed E-state index contributed by atoms with van der Waals surface area (Å²) < 4.78 is 0. The number of piperidine rings is 1. The highest BCUT2D eigenvalue weighted by Gasteiger charge is 2.20. The fourth-order valence-electron chi connectivity index (χ4n) is 2.68. The third-order valence-electron chi connectivity index (χ3n) is 3.70. The second kappa shape index (κ2) is 6.03. The summed E-state index contributed by atoms with van der Waals surface area (Å²) in [5.41, 5.74) is 1.03. The van der Waals surface area contributed by atoms with Gasteiger partial charge in [-0.15, -0.1) is 0 Å². The third kappa shape index (κ3) is 3.12. The summed E-state index contributed by atoms with van der Waals surface area (Å²) in [6.45, 7) is 6.56. The van der Waals surface area contributed by atoms with Gasteiger partial charge in [-0.25, -0.2) is 4.98 Å². The van der Waals surface area contributed by atoms with E-state index in [1.807, 2.05) is 14.0 Å². The van der Waals surface area contributed by atoms with E-state index in [4.69, 9.17) is 0 Å². The normalized spacial score (nSPS) is 16.9. The molecule has 0 saturated carbocycles. The zero-order chi connectivity index (χ0) is 13.0. The van der Waals surface area contributed by atoms with E-state index in [2.05, 4.69) is 33.2 Å². The number of anilines is 2. The Morgan fingerprint density at radius 2 is 2.06 bits per heavy atom. The Hall–Kier alpha value is -1.32. The second-order valence-corrected chi connectivity index (χ2v) is 5.16. The van der Waals surface area contributed by atoms with Crippen molar-refractivity contribution in [2.75, 3.05) is 30.4 Å². The maximum Gasteiger partial charge on any atom is 0.224 e. The van der Waals surface area contributed by atoms with Gasteiger partial charge >= 0.3 is 0 Å². The number of aromatic nitrogens is 2. The number of rotatable bonds is 4. The predicted octanol–water partition coefficient (Wildman–Crippen LogP) is 2.84. The summed E-state index contributed by atoms with van der Waals surface area (Å²) >= 11 is 0. The van der Waals surface area contributed by atoms with Gasteiger partial charge in [0, 0.05) is 31.9 Å². The fourth-order valence-corrected chi connectivity index (χ4v) is 2.68. The van der Waals surface area contributed by atoms with Crippen molar-refractivity contribution in [3.63, 3.8) is 0 Å². The standard InChI is InChI=1S/C14H24N4/c1-4-5-12-6-8-18(9-7-12)13-10-11(2)16-14(15-3)17-13/h10,12H,4-9H2,1-3H3,(H,15,16,17). The highest BCUT2D eigenvalue weighted by Crippen LogP contribution is 2.25. The van der Waals surface area contributed by atoms with Crippen LogP contribution in [0.4, 0.5) is 11.8 Å². The molecule has 4 heteroatoms. The first-order chi connectivity index (χ1) is 8.72. The van der Waals surface area contributed by atoms with Crippen LogP contribution in [-0.2, 0) is 0 Å². The monoisotopic (exact) mass is 248 g/mol. The Morgan fingerprint density at radius 1 is 1.33 bits per heavy atom. The maximum atomic E-state index is 4.55. The molecule has 1 aliphatic rings. The van der Waals surface area contributed by atoms with Crippen LogP contribution in [0.2, 0.25) is 0 Å². The van der Waals surface area contributed by atoms with Gasteiger partial charge in [-0.05, 0) is 25.7 Å². The van der Waals surface area contributed by atoms with E-state index in [0.717, 1.165) is 36.5 Å². The molecule has 1 saturated heterocycles. The topological polar surface area (TPSA) is 41.1 Å². The van der Waals surface area contributed by atoms with Gasteiger partial charge in [-0.2, -0.15) is 4.98 Å². The predicted molar refractivity (Wildman–Crippen MR) is 76.2 cm³/mol. The van der Waals surface area contributed by atoms with Crippen molar-refractivity contribution in [3.8, 4) is 0 Å². The fraction of sp³-hybridized carbons (Fsp3) is 0.714. The number of nitrogens with zero attached hydrogens (tertiary/aromatic N) is 3. The molecule has 0 unspecified atom stereocenters. The van der Waals surface area contributed by atoms with Crippen molar-refractivity contribution in [2.45, 2.75) is 39.5 Å². The average Bonchev–Trinajstić information content (AvgIpc) is 2.39. The second-order valence-electron chi connectivity index (χ2n) is 5.16. The van der Waals surface area contributed by atoms with Crippen LogP contribution in [-0.4, -0.2) is 30.1 Å². The number of hydrogen-bond acceptors (Lipinski definition) is 4. The van der Waals surface area contributed by atoms with Crippen molar-refractivity contribution in [3.05, 3.63) is 11.8 Å². The molecule has 0 amide bonds. The molecule has 1 aromatic heterocycles. The van der Waals surface area contributed by atoms with Crippen LogP contribution < -0.4 is 10.2 Å². The highest BCUT2D eigenvalue weighted by molar-refractivity contribution is 5.44. The Morgan fingerprint density at radius 3 is 2.67 bits per heavy atom. The Balaban J connectivity index is 2.02. The van der Waals surface area contributed by atoms with Gasteiger partial charge in [-0.1, -0.05) is 19.8 Å². The molecule has 1 aromatic rings. The molecule has 0 atom stereocenters. The van der Waals surface area contributed by atoms with E-state index in [1.165, 1.54) is 25.7 Å². The van der Waals surface area contributed by atoms with Gasteiger partial charge < -0.3 is 10.2 Å². The van der Waals surface area contributed by atoms with E-state index >= 15 is 0 Å². The van der Waals surface area contributed by atoms with Crippen molar-refractivity contribution in [1.29, 1.82) is 0 Å². The van der Waals surface area contributed by atoms with Crippen molar-refractivity contribution in [2.24, 2.45) is 5.92 Å². The molecular formula is C14H24N4. The summed E-state index contributed by atoms with van der Waals surface area (Å²) in [6.07, 6.45) is 5.27. The molecule has 2 heterocycles. The average molecular weight is 248 g/mol. The van der Waals surface area contributed by atoms with Crippen LogP contribution in [0.1, 0.15) is 38.3 Å². The molecule has 0 spiro atoms. The first kappa shape index (κ1) is 13.1. The molecule has 100 valence electrons. The Bertz CT molecular complexity index is 383. The quantitative estimate of drug-likeness (QED) is 0.889. The lowest BCUT2D eigenvalue weighted by molar-refractivity contribution is 0.377. The molecule has 1 fully saturated rings. The lowest BCUT2D eigenvalue weighted by Crippen LogP contribution is -2.34. The third-order valence-corrected chi connectivity index (χ3v) is 3.70. The van der Waals surface area contributed by atoms with E-state index in [0.29, 0.717) is 0 Å². The Labute approximate surface area is 110 Å². The first-order valence-electron chi connectivity index (χ1n) is 7.01. The van der Waals surface area contributed by atoms with E-state index in [-0.39, 0.29) is 0 Å². The van der Waals surface area contributed by atoms with Gasteiger partial charge in [-0.3, -0.25) is 0 Å². The molecule has 1 aliphatic heterocycles. The first-order valence-corrected chi connectivity index (χ1v) is 7.01. The van der Waals surface area contributed by atoms with Gasteiger partial charge in [0.1, 0.15) is 5.82 Å². The number of aryl methyl sites for hydroxylation is 1. The molecule has 4 nitrogen and oxygen atoms in total. The lowest BCUT2D eigenvalue weighted by atomic mass is 9.92. The zero-order valence-electron chi connectivity index (χ0n) is 11.7. The molecule has 0 aromatic carbocycles. The maximum absolute atomic E-state index is 4.55. The van der Waals surface area contributed by atoms with Crippen LogP contribution >= 0.6 is 0 Å². The molecule has 18 heavy (non-hydrogen) atoms. The van der Waals surface area contributed by atoms with Crippen LogP contribution in [0.3, 0.4) is 0 Å². The molecule has 2 rings (SSSR count). The van der Waals surface area contributed by atoms with Crippen LogP contribution in [0.5, 0.6) is 0 Å². The van der Waals surface area contributed by atoms with Gasteiger partial charge in [0.05, 0.1) is 0 Å². The zero-order valence-corrected chi connectivity index (χ0v) is 11.7. The minimum Gasteiger partial charge on any atom is -0.357 e. The molecule has 1 N–H and O–H groups in total. The van der Waals surface area contributed by atoms with Gasteiger partial charge in [0.2, 0.25) is 5.95 Å². The lowest BCUT2D eigenvalue weighted by Gasteiger charge is -2.32. The van der Waals surface area contributed by atoms with Crippen LogP contribution in [0, 0.1) is 12.8 Å². The molecular weight excluding hydrogens is 224 g/mol. The molecule has 0 aliphatic carbocycles. The van der Waals surface area contributed by atoms with Crippen LogP contribution in [0.15, 0.2) is 6.07 Å².